The summed E-state index contributed by atoms with van der Waals surface area (Å²) < 4.78 is 63.5. The van der Waals surface area contributed by atoms with Gasteiger partial charge in [-0.05, 0) is 30.3 Å². The third kappa shape index (κ3) is 4.76. The molecule has 1 aromatic heterocycles. The minimum absolute atomic E-state index is 0.0163. The average molecular weight is 446 g/mol. The molecule has 0 saturated carbocycles. The predicted octanol–water partition coefficient (Wildman–Crippen LogP) is 0.313. The number of halogens is 4. The van der Waals surface area contributed by atoms with Crippen LogP contribution in [0.25, 0.3) is 0 Å². The van der Waals surface area contributed by atoms with Gasteiger partial charge in [-0.2, -0.15) is 0 Å². The normalized spacial score (nSPS) is 20.3. The Morgan fingerprint density at radius 3 is 2.56 bits per heavy atom. The van der Waals surface area contributed by atoms with Crippen molar-refractivity contribution in [3.63, 3.8) is 0 Å². The van der Waals surface area contributed by atoms with Crippen molar-refractivity contribution in [1.82, 2.24) is 4.98 Å². The van der Waals surface area contributed by atoms with Crippen LogP contribution < -0.4 is 15.8 Å². The number of anilines is 1. The summed E-state index contributed by atoms with van der Waals surface area (Å²) in [4.78, 5) is 20.2. The van der Waals surface area contributed by atoms with Crippen molar-refractivity contribution in [2.24, 2.45) is 10.7 Å². The molecular formula is C19H21B3F4N4O2. The third-order valence-electron chi connectivity index (χ3n) is 4.89. The van der Waals surface area contributed by atoms with Gasteiger partial charge in [-0.15, -0.1) is 0 Å². The Hall–Kier alpha value is -2.98. The standard InChI is InChI=1S/C19H21B3F4N4O2/c20-19(21,22)32-11-2-4-14(28-8-11)16(31)29-10-1-3-13(24)12(7-10)17(9-23)18(25,26)6-5-15(27)30-17/h1-4,7-8H,5-6,9,20-22H2,(H2,27,30)(H,29,31)/t17-/m1/s1. The second-order valence-corrected chi connectivity index (χ2v) is 8.54. The maximum absolute atomic E-state index is 14.7. The van der Waals surface area contributed by atoms with Crippen molar-refractivity contribution < 1.29 is 27.1 Å². The summed E-state index contributed by atoms with van der Waals surface area (Å²) in [6.45, 7) is -1.66. The van der Waals surface area contributed by atoms with Gasteiger partial charge in [0.2, 0.25) is 0 Å². The number of carbonyl (C=O) groups is 1. The molecule has 1 aliphatic rings. The molecule has 166 valence electrons. The highest BCUT2D eigenvalue weighted by Gasteiger charge is 2.58. The summed E-state index contributed by atoms with van der Waals surface area (Å²) in [5, 5.41) is 2.01. The smallest absolute Gasteiger partial charge is 0.280 e. The van der Waals surface area contributed by atoms with Crippen LogP contribution in [0, 0.1) is 5.82 Å². The van der Waals surface area contributed by atoms with E-state index in [9.17, 15) is 22.4 Å². The number of pyridine rings is 1. The molecule has 2 heterocycles. The highest BCUT2D eigenvalue weighted by atomic mass is 19.3. The number of alkyl halides is 3. The molecule has 0 unspecified atom stereocenters. The highest BCUT2D eigenvalue weighted by molar-refractivity contribution is 6.58. The van der Waals surface area contributed by atoms with Crippen LogP contribution in [-0.2, 0) is 5.54 Å². The minimum atomic E-state index is -3.67. The Bertz CT molecular complexity index is 1050. The molecule has 0 bridgehead atoms. The number of benzene rings is 1. The first-order valence-corrected chi connectivity index (χ1v) is 9.91. The second-order valence-electron chi connectivity index (χ2n) is 8.54. The van der Waals surface area contributed by atoms with Gasteiger partial charge in [0.25, 0.3) is 11.8 Å². The Morgan fingerprint density at radius 1 is 1.25 bits per heavy atom. The molecule has 2 aromatic rings. The van der Waals surface area contributed by atoms with Gasteiger partial charge in [0.05, 0.1) is 12.0 Å². The predicted molar refractivity (Wildman–Crippen MR) is 121 cm³/mol. The molecule has 0 radical (unpaired) electrons. The van der Waals surface area contributed by atoms with Crippen molar-refractivity contribution >= 4 is 41.0 Å². The monoisotopic (exact) mass is 446 g/mol. The largest absolute Gasteiger partial charge is 0.512 e. The number of ether oxygens (including phenoxy) is 1. The number of aromatic nitrogens is 1. The van der Waals surface area contributed by atoms with Crippen molar-refractivity contribution in [3.05, 3.63) is 53.6 Å². The number of nitrogens with zero attached hydrogens (tertiary/aromatic N) is 2. The zero-order chi connectivity index (χ0) is 23.7. The second kappa shape index (κ2) is 8.52. The lowest BCUT2D eigenvalue weighted by Crippen LogP contribution is -2.51. The molecule has 1 atom stereocenters. The van der Waals surface area contributed by atoms with Crippen LogP contribution in [0.15, 0.2) is 41.5 Å². The first-order valence-electron chi connectivity index (χ1n) is 9.91. The van der Waals surface area contributed by atoms with Crippen molar-refractivity contribution in [2.45, 2.75) is 29.6 Å². The fourth-order valence-electron chi connectivity index (χ4n) is 3.38. The van der Waals surface area contributed by atoms with E-state index in [1.165, 1.54) is 18.3 Å². The molecular weight excluding hydrogens is 425 g/mol. The molecule has 0 saturated heterocycles. The van der Waals surface area contributed by atoms with Crippen LogP contribution >= 0.6 is 0 Å². The quantitative estimate of drug-likeness (QED) is 0.495. The van der Waals surface area contributed by atoms with Crippen molar-refractivity contribution in [2.75, 3.05) is 12.0 Å². The number of hydrogen-bond donors (Lipinski definition) is 2. The summed E-state index contributed by atoms with van der Waals surface area (Å²) in [7, 11) is 5.58. The fraction of sp³-hybridized carbons (Fsp3) is 0.316. The lowest BCUT2D eigenvalue weighted by molar-refractivity contribution is -0.0959. The first-order chi connectivity index (χ1) is 14.9. The first kappa shape index (κ1) is 23.7. The van der Waals surface area contributed by atoms with E-state index in [1.54, 1.807) is 6.07 Å². The van der Waals surface area contributed by atoms with E-state index in [0.29, 0.717) is 5.75 Å². The van der Waals surface area contributed by atoms with E-state index in [1.807, 2.05) is 23.5 Å². The SMILES string of the molecule is BC(B)(B)Oc1ccc(C(=O)Nc2ccc(F)c([C@@]3(CF)N=C(N)CCC3(F)F)c2)nc1. The Labute approximate surface area is 185 Å². The van der Waals surface area contributed by atoms with Gasteiger partial charge < -0.3 is 15.8 Å². The van der Waals surface area contributed by atoms with Crippen molar-refractivity contribution in [1.29, 1.82) is 0 Å². The maximum Gasteiger partial charge on any atom is 0.280 e. The molecule has 13 heteroatoms. The average Bonchev–Trinajstić information content (AvgIpc) is 2.70. The molecule has 0 spiro atoms. The summed E-state index contributed by atoms with van der Waals surface area (Å²) in [5.74, 6) is -5.15. The van der Waals surface area contributed by atoms with Gasteiger partial charge in [0.1, 0.15) is 47.5 Å². The number of nitrogens with one attached hydrogen (secondary N) is 1. The molecule has 6 nitrogen and oxygen atoms in total. The topological polar surface area (TPSA) is 89.6 Å². The van der Waals surface area contributed by atoms with E-state index >= 15 is 0 Å². The summed E-state index contributed by atoms with van der Waals surface area (Å²) in [6.07, 6.45) is 0.372. The van der Waals surface area contributed by atoms with Gasteiger partial charge in [-0.1, -0.05) is 0 Å². The van der Waals surface area contributed by atoms with Gasteiger partial charge in [0, 0.05) is 29.4 Å². The molecule has 1 amide bonds. The van der Waals surface area contributed by atoms with Gasteiger partial charge in [-0.25, -0.2) is 22.5 Å². The molecule has 3 rings (SSSR count). The maximum atomic E-state index is 14.7. The Morgan fingerprint density at radius 2 is 1.97 bits per heavy atom. The number of amidine groups is 1. The summed E-state index contributed by atoms with van der Waals surface area (Å²) in [5.41, 5.74) is 2.08. The zero-order valence-corrected chi connectivity index (χ0v) is 17.9. The van der Waals surface area contributed by atoms with Crippen LogP contribution in [0.1, 0.15) is 28.9 Å². The van der Waals surface area contributed by atoms with E-state index < -0.39 is 47.1 Å². The molecule has 1 aromatic carbocycles. The van der Waals surface area contributed by atoms with Crippen LogP contribution in [0.5, 0.6) is 5.75 Å². The zero-order valence-electron chi connectivity index (χ0n) is 17.9. The highest BCUT2D eigenvalue weighted by Crippen LogP contribution is 2.48. The minimum Gasteiger partial charge on any atom is -0.512 e. The Balaban J connectivity index is 1.89. The van der Waals surface area contributed by atoms with Crippen molar-refractivity contribution in [3.8, 4) is 5.75 Å². The van der Waals surface area contributed by atoms with E-state index in [2.05, 4.69) is 15.3 Å². The fourth-order valence-corrected chi connectivity index (χ4v) is 3.38. The molecule has 0 fully saturated rings. The van der Waals surface area contributed by atoms with E-state index in [-0.39, 0.29) is 23.6 Å². The van der Waals surface area contributed by atoms with Crippen LogP contribution in [0.3, 0.4) is 0 Å². The third-order valence-corrected chi connectivity index (χ3v) is 4.89. The van der Waals surface area contributed by atoms with E-state index in [4.69, 9.17) is 10.5 Å². The number of carbonyl (C=O) groups excluding carboxylic acids is 1. The number of hydrogen-bond acceptors (Lipinski definition) is 5. The number of nitrogens with two attached hydrogens (primary N) is 1. The van der Waals surface area contributed by atoms with Gasteiger partial charge in [-0.3, -0.25) is 9.79 Å². The lowest BCUT2D eigenvalue weighted by Gasteiger charge is -2.39. The van der Waals surface area contributed by atoms with Crippen LogP contribution in [0.4, 0.5) is 23.2 Å². The Kier molecular flexibility index (Phi) is 6.30. The van der Waals surface area contributed by atoms with Crippen LogP contribution in [0.2, 0.25) is 0 Å². The summed E-state index contributed by atoms with van der Waals surface area (Å²) in [6, 6.07) is 5.96. The van der Waals surface area contributed by atoms with Gasteiger partial charge >= 0.3 is 0 Å². The molecule has 1 aliphatic heterocycles. The summed E-state index contributed by atoms with van der Waals surface area (Å²) >= 11 is 0. The number of amides is 1. The lowest BCUT2D eigenvalue weighted by atomic mass is 9.52. The van der Waals surface area contributed by atoms with Crippen LogP contribution in [-0.4, -0.2) is 58.2 Å². The molecule has 0 aliphatic carbocycles. The molecule has 32 heavy (non-hydrogen) atoms. The van der Waals surface area contributed by atoms with Gasteiger partial charge in [0.15, 0.2) is 5.54 Å². The number of rotatable bonds is 6. The molecule has 3 N–H and O–H groups in total. The van der Waals surface area contributed by atoms with E-state index in [0.717, 1.165) is 12.1 Å². The number of aliphatic imine (C=N–C) groups is 1.